The van der Waals surface area contributed by atoms with Crippen molar-refractivity contribution >= 4 is 33.9 Å². The Hall–Kier alpha value is -3.59. The van der Waals surface area contributed by atoms with Gasteiger partial charge < -0.3 is 15.4 Å². The van der Waals surface area contributed by atoms with E-state index in [1.54, 1.807) is 13.3 Å². The number of amides is 1. The van der Waals surface area contributed by atoms with Crippen LogP contribution in [0, 0.1) is 18.3 Å². The number of pyridine rings is 1. The number of carbonyl (C=O) groups excluding carboxylic acids is 1. The van der Waals surface area contributed by atoms with Crippen LogP contribution in [0.4, 0.5) is 17.1 Å². The molecular weight excluding hydrogens is 328 g/mol. The number of methoxy groups -OCH3 is 1. The van der Waals surface area contributed by atoms with Gasteiger partial charge in [0, 0.05) is 35.9 Å². The maximum atomic E-state index is 11.5. The first-order chi connectivity index (χ1) is 12.5. The maximum absolute atomic E-state index is 11.5. The average Bonchev–Trinajstić information content (AvgIpc) is 2.63. The molecule has 0 unspecified atom stereocenters. The van der Waals surface area contributed by atoms with Gasteiger partial charge in [0.1, 0.15) is 11.8 Å². The molecule has 130 valence electrons. The van der Waals surface area contributed by atoms with Crippen LogP contribution < -0.4 is 15.4 Å². The van der Waals surface area contributed by atoms with Crippen LogP contribution in [0.1, 0.15) is 18.1 Å². The summed E-state index contributed by atoms with van der Waals surface area (Å²) in [6.45, 7) is 3.36. The van der Waals surface area contributed by atoms with Crippen LogP contribution in [0.5, 0.6) is 5.75 Å². The first-order valence-corrected chi connectivity index (χ1v) is 8.04. The fourth-order valence-electron chi connectivity index (χ4n) is 2.73. The quantitative estimate of drug-likeness (QED) is 0.742. The first-order valence-electron chi connectivity index (χ1n) is 8.04. The first kappa shape index (κ1) is 17.2. The lowest BCUT2D eigenvalue weighted by molar-refractivity contribution is -0.114. The van der Waals surface area contributed by atoms with E-state index >= 15 is 0 Å². The second-order valence-corrected chi connectivity index (χ2v) is 5.88. The summed E-state index contributed by atoms with van der Waals surface area (Å²) in [6, 6.07) is 13.3. The van der Waals surface area contributed by atoms with Gasteiger partial charge in [-0.15, -0.1) is 0 Å². The molecule has 0 bridgehead atoms. The van der Waals surface area contributed by atoms with Crippen LogP contribution in [-0.4, -0.2) is 18.0 Å². The number of benzene rings is 2. The summed E-state index contributed by atoms with van der Waals surface area (Å²) in [5.41, 5.74) is 4.17. The number of carbonyl (C=O) groups is 1. The van der Waals surface area contributed by atoms with Gasteiger partial charge in [-0.25, -0.2) is 0 Å². The van der Waals surface area contributed by atoms with Gasteiger partial charge in [-0.3, -0.25) is 9.78 Å². The number of ether oxygens (including phenoxy) is 1. The number of nitrogens with zero attached hydrogens (tertiary/aromatic N) is 2. The maximum Gasteiger partial charge on any atom is 0.221 e. The minimum atomic E-state index is -0.154. The van der Waals surface area contributed by atoms with Crippen molar-refractivity contribution in [3.63, 3.8) is 0 Å². The number of fused-ring (bicyclic) bond motifs is 1. The van der Waals surface area contributed by atoms with Crippen LogP contribution in [0.2, 0.25) is 0 Å². The van der Waals surface area contributed by atoms with Crippen molar-refractivity contribution in [2.45, 2.75) is 13.8 Å². The van der Waals surface area contributed by atoms with Crippen molar-refractivity contribution in [2.24, 2.45) is 0 Å². The topological polar surface area (TPSA) is 87.0 Å². The Kier molecular flexibility index (Phi) is 4.72. The lowest BCUT2D eigenvalue weighted by atomic mass is 10.1. The SMILES string of the molecule is COc1cccc(Nc2c(C#N)cnc3cc(C)c(NC(C)=O)cc23)c1. The molecule has 2 aromatic carbocycles. The molecule has 1 amide bonds. The summed E-state index contributed by atoms with van der Waals surface area (Å²) >= 11 is 0. The Morgan fingerprint density at radius 2 is 2.08 bits per heavy atom. The zero-order valence-corrected chi connectivity index (χ0v) is 14.8. The van der Waals surface area contributed by atoms with Gasteiger partial charge in [-0.1, -0.05) is 6.07 Å². The van der Waals surface area contributed by atoms with Crippen molar-refractivity contribution in [1.29, 1.82) is 5.26 Å². The minimum absolute atomic E-state index is 0.154. The Bertz CT molecular complexity index is 1040. The van der Waals surface area contributed by atoms with Crippen LogP contribution >= 0.6 is 0 Å². The normalized spacial score (nSPS) is 10.2. The molecule has 0 aliphatic heterocycles. The van der Waals surface area contributed by atoms with E-state index in [4.69, 9.17) is 4.74 Å². The predicted octanol–water partition coefficient (Wildman–Crippen LogP) is 4.13. The van der Waals surface area contributed by atoms with Crippen LogP contribution in [0.15, 0.2) is 42.6 Å². The third-order valence-electron chi connectivity index (χ3n) is 3.98. The number of aryl methyl sites for hydroxylation is 1. The zero-order chi connectivity index (χ0) is 18.7. The third-order valence-corrected chi connectivity index (χ3v) is 3.98. The molecule has 3 aromatic rings. The van der Waals surface area contributed by atoms with E-state index in [1.165, 1.54) is 6.92 Å². The molecule has 0 radical (unpaired) electrons. The van der Waals surface area contributed by atoms with Gasteiger partial charge in [0.15, 0.2) is 0 Å². The molecule has 6 heteroatoms. The number of hydrogen-bond acceptors (Lipinski definition) is 5. The number of nitrogens with one attached hydrogen (secondary N) is 2. The molecule has 26 heavy (non-hydrogen) atoms. The highest BCUT2D eigenvalue weighted by atomic mass is 16.5. The van der Waals surface area contributed by atoms with Crippen LogP contribution in [0.3, 0.4) is 0 Å². The molecule has 6 nitrogen and oxygen atoms in total. The minimum Gasteiger partial charge on any atom is -0.497 e. The van der Waals surface area contributed by atoms with Crippen molar-refractivity contribution in [3.8, 4) is 11.8 Å². The zero-order valence-electron chi connectivity index (χ0n) is 14.8. The Morgan fingerprint density at radius 1 is 1.27 bits per heavy atom. The molecule has 0 aliphatic carbocycles. The smallest absolute Gasteiger partial charge is 0.221 e. The second kappa shape index (κ2) is 7.11. The van der Waals surface area contributed by atoms with E-state index in [1.807, 2.05) is 43.3 Å². The Labute approximate surface area is 151 Å². The van der Waals surface area contributed by atoms with Gasteiger partial charge in [-0.05, 0) is 36.8 Å². The van der Waals surface area contributed by atoms with E-state index in [0.717, 1.165) is 22.2 Å². The summed E-state index contributed by atoms with van der Waals surface area (Å²) in [5.74, 6) is 0.556. The number of anilines is 3. The van der Waals surface area contributed by atoms with E-state index in [-0.39, 0.29) is 5.91 Å². The number of hydrogen-bond donors (Lipinski definition) is 2. The second-order valence-electron chi connectivity index (χ2n) is 5.88. The Morgan fingerprint density at radius 3 is 2.77 bits per heavy atom. The summed E-state index contributed by atoms with van der Waals surface area (Å²) in [5, 5.41) is 16.4. The molecule has 1 heterocycles. The largest absolute Gasteiger partial charge is 0.497 e. The standard InChI is InChI=1S/C20H18N4O2/c1-12-7-19-17(9-18(12)23-13(2)25)20(14(10-21)11-22-19)24-15-5-4-6-16(8-15)26-3/h4-9,11H,1-3H3,(H,22,24)(H,23,25). The van der Waals surface area contributed by atoms with Crippen molar-refractivity contribution in [2.75, 3.05) is 17.7 Å². The summed E-state index contributed by atoms with van der Waals surface area (Å²) in [6.07, 6.45) is 1.54. The fourth-order valence-corrected chi connectivity index (χ4v) is 2.73. The Balaban J connectivity index is 2.17. The van der Waals surface area contributed by atoms with Gasteiger partial charge in [-0.2, -0.15) is 5.26 Å². The predicted molar refractivity (Wildman–Crippen MR) is 102 cm³/mol. The van der Waals surface area contributed by atoms with E-state index in [9.17, 15) is 10.1 Å². The van der Waals surface area contributed by atoms with Gasteiger partial charge in [0.25, 0.3) is 0 Å². The average molecular weight is 346 g/mol. The molecule has 0 aliphatic rings. The van der Waals surface area contributed by atoms with Gasteiger partial charge in [0.05, 0.1) is 23.9 Å². The molecule has 0 saturated carbocycles. The number of rotatable bonds is 4. The molecule has 0 fully saturated rings. The highest BCUT2D eigenvalue weighted by Gasteiger charge is 2.12. The molecule has 2 N–H and O–H groups in total. The number of aromatic nitrogens is 1. The lowest BCUT2D eigenvalue weighted by Crippen LogP contribution is -2.07. The monoisotopic (exact) mass is 346 g/mol. The molecule has 3 rings (SSSR count). The molecule has 0 spiro atoms. The van der Waals surface area contributed by atoms with Gasteiger partial charge >= 0.3 is 0 Å². The highest BCUT2D eigenvalue weighted by molar-refractivity contribution is 6.00. The molecule has 0 atom stereocenters. The van der Waals surface area contributed by atoms with Crippen LogP contribution in [-0.2, 0) is 4.79 Å². The van der Waals surface area contributed by atoms with E-state index in [0.29, 0.717) is 22.7 Å². The molecule has 0 saturated heterocycles. The van der Waals surface area contributed by atoms with Gasteiger partial charge in [0.2, 0.25) is 5.91 Å². The van der Waals surface area contributed by atoms with Crippen molar-refractivity contribution in [1.82, 2.24) is 4.98 Å². The highest BCUT2D eigenvalue weighted by Crippen LogP contribution is 2.33. The molecular formula is C20H18N4O2. The molecule has 1 aromatic heterocycles. The fraction of sp³-hybridized carbons (Fsp3) is 0.150. The van der Waals surface area contributed by atoms with E-state index in [2.05, 4.69) is 21.7 Å². The summed E-state index contributed by atoms with van der Waals surface area (Å²) < 4.78 is 5.25. The third kappa shape index (κ3) is 3.42. The van der Waals surface area contributed by atoms with Crippen molar-refractivity contribution in [3.05, 3.63) is 53.7 Å². The lowest BCUT2D eigenvalue weighted by Gasteiger charge is -2.14. The summed E-state index contributed by atoms with van der Waals surface area (Å²) in [7, 11) is 1.60. The summed E-state index contributed by atoms with van der Waals surface area (Å²) in [4.78, 5) is 15.8. The van der Waals surface area contributed by atoms with Crippen LogP contribution in [0.25, 0.3) is 10.9 Å². The van der Waals surface area contributed by atoms with Crippen molar-refractivity contribution < 1.29 is 9.53 Å². The number of nitriles is 1. The van der Waals surface area contributed by atoms with E-state index < -0.39 is 0 Å².